The predicted octanol–water partition coefficient (Wildman–Crippen LogP) is 2.76. The van der Waals surface area contributed by atoms with Gasteiger partial charge in [0.2, 0.25) is 0 Å². The van der Waals surface area contributed by atoms with E-state index >= 15 is 0 Å². The van der Waals surface area contributed by atoms with Crippen molar-refractivity contribution in [2.45, 2.75) is 19.4 Å². The lowest BCUT2D eigenvalue weighted by Gasteiger charge is -1.98. The molecule has 0 spiro atoms. The van der Waals surface area contributed by atoms with E-state index in [1.807, 2.05) is 11.8 Å². The van der Waals surface area contributed by atoms with E-state index in [9.17, 15) is 0 Å². The van der Waals surface area contributed by atoms with Gasteiger partial charge in [-0.05, 0) is 12.5 Å². The number of hydrogen-bond donors (Lipinski definition) is 0. The number of aliphatic imine (C=N–C) groups is 1. The summed E-state index contributed by atoms with van der Waals surface area (Å²) in [6.45, 7) is 2.17. The van der Waals surface area contributed by atoms with Gasteiger partial charge in [0.25, 0.3) is 0 Å². The molecule has 1 aliphatic rings. The van der Waals surface area contributed by atoms with Gasteiger partial charge in [0.1, 0.15) is 0 Å². The van der Waals surface area contributed by atoms with Crippen LogP contribution >= 0.6 is 11.8 Å². The molecule has 1 aromatic carbocycles. The summed E-state index contributed by atoms with van der Waals surface area (Å²) in [6, 6.07) is 11.1. The van der Waals surface area contributed by atoms with Crippen LogP contribution in [-0.2, 0) is 6.42 Å². The van der Waals surface area contributed by atoms with E-state index in [1.54, 1.807) is 0 Å². The number of nitrogens with zero attached hydrogens (tertiary/aromatic N) is 1. The molecular formula is C11H13NS. The van der Waals surface area contributed by atoms with Crippen LogP contribution in [0.1, 0.15) is 12.5 Å². The van der Waals surface area contributed by atoms with E-state index in [4.69, 9.17) is 0 Å². The van der Waals surface area contributed by atoms with Gasteiger partial charge in [-0.3, -0.25) is 4.99 Å². The molecule has 2 rings (SSSR count). The summed E-state index contributed by atoms with van der Waals surface area (Å²) in [7, 11) is 0. The number of thioether (sulfide) groups is 1. The molecule has 0 aliphatic carbocycles. The van der Waals surface area contributed by atoms with Crippen LogP contribution in [0, 0.1) is 0 Å². The molecule has 1 unspecified atom stereocenters. The Kier molecular flexibility index (Phi) is 2.69. The number of benzene rings is 1. The van der Waals surface area contributed by atoms with Crippen LogP contribution in [-0.4, -0.2) is 16.8 Å². The van der Waals surface area contributed by atoms with Crippen molar-refractivity contribution >= 4 is 16.8 Å². The van der Waals surface area contributed by atoms with Crippen molar-refractivity contribution < 1.29 is 0 Å². The third kappa shape index (κ3) is 2.34. The van der Waals surface area contributed by atoms with E-state index in [2.05, 4.69) is 42.2 Å². The molecule has 1 atom stereocenters. The van der Waals surface area contributed by atoms with Gasteiger partial charge in [-0.1, -0.05) is 30.3 Å². The Morgan fingerprint density at radius 1 is 1.38 bits per heavy atom. The van der Waals surface area contributed by atoms with Crippen LogP contribution < -0.4 is 0 Å². The largest absolute Gasteiger partial charge is 0.279 e. The Bertz CT molecular complexity index is 305. The van der Waals surface area contributed by atoms with Gasteiger partial charge in [0.15, 0.2) is 0 Å². The SMILES string of the molecule is CC1CSC(Cc2ccccc2)=N1. The lowest BCUT2D eigenvalue weighted by Crippen LogP contribution is -1.95. The normalized spacial score (nSPS) is 21.6. The molecule has 0 aromatic heterocycles. The lowest BCUT2D eigenvalue weighted by molar-refractivity contribution is 0.863. The Morgan fingerprint density at radius 2 is 2.15 bits per heavy atom. The first-order valence-electron chi connectivity index (χ1n) is 4.58. The predicted molar refractivity (Wildman–Crippen MR) is 59.5 cm³/mol. The summed E-state index contributed by atoms with van der Waals surface area (Å²) in [4.78, 5) is 4.56. The van der Waals surface area contributed by atoms with Gasteiger partial charge in [-0.2, -0.15) is 0 Å². The molecule has 2 heteroatoms. The van der Waals surface area contributed by atoms with E-state index in [1.165, 1.54) is 10.6 Å². The standard InChI is InChI=1S/C11H13NS/c1-9-8-13-11(12-9)7-10-5-3-2-4-6-10/h2-6,9H,7-8H2,1H3. The topological polar surface area (TPSA) is 12.4 Å². The molecule has 13 heavy (non-hydrogen) atoms. The van der Waals surface area contributed by atoms with Gasteiger partial charge in [0, 0.05) is 12.2 Å². The summed E-state index contributed by atoms with van der Waals surface area (Å²) in [5, 5.41) is 1.29. The molecule has 0 N–H and O–H groups in total. The van der Waals surface area contributed by atoms with E-state index < -0.39 is 0 Å². The monoisotopic (exact) mass is 191 g/mol. The molecule has 1 heterocycles. The van der Waals surface area contributed by atoms with E-state index in [0.29, 0.717) is 6.04 Å². The molecular weight excluding hydrogens is 178 g/mol. The van der Waals surface area contributed by atoms with Gasteiger partial charge in [0.05, 0.1) is 11.1 Å². The van der Waals surface area contributed by atoms with Crippen molar-refractivity contribution in [2.75, 3.05) is 5.75 Å². The molecule has 0 fully saturated rings. The summed E-state index contributed by atoms with van der Waals surface area (Å²) in [6.07, 6.45) is 1.01. The van der Waals surface area contributed by atoms with Crippen LogP contribution in [0.15, 0.2) is 35.3 Å². The summed E-state index contributed by atoms with van der Waals surface area (Å²) in [5.41, 5.74) is 1.36. The highest BCUT2D eigenvalue weighted by Gasteiger charge is 2.13. The zero-order valence-electron chi connectivity index (χ0n) is 7.73. The lowest BCUT2D eigenvalue weighted by atomic mass is 10.2. The first-order chi connectivity index (χ1) is 6.34. The van der Waals surface area contributed by atoms with Crippen LogP contribution in [0.2, 0.25) is 0 Å². The minimum absolute atomic E-state index is 0.517. The fourth-order valence-electron chi connectivity index (χ4n) is 1.40. The maximum absolute atomic E-state index is 4.56. The molecule has 1 aromatic rings. The fraction of sp³-hybridized carbons (Fsp3) is 0.364. The highest BCUT2D eigenvalue weighted by Crippen LogP contribution is 2.20. The van der Waals surface area contributed by atoms with Crippen LogP contribution in [0.5, 0.6) is 0 Å². The molecule has 0 saturated heterocycles. The second-order valence-corrected chi connectivity index (χ2v) is 4.44. The molecule has 1 nitrogen and oxygen atoms in total. The second kappa shape index (κ2) is 3.97. The first-order valence-corrected chi connectivity index (χ1v) is 5.56. The highest BCUT2D eigenvalue weighted by molar-refractivity contribution is 8.14. The Morgan fingerprint density at radius 3 is 2.77 bits per heavy atom. The van der Waals surface area contributed by atoms with Crippen molar-refractivity contribution in [3.05, 3.63) is 35.9 Å². The minimum atomic E-state index is 0.517. The van der Waals surface area contributed by atoms with Crippen LogP contribution in [0.4, 0.5) is 0 Å². The number of rotatable bonds is 2. The summed E-state index contributed by atoms with van der Waals surface area (Å²) in [5.74, 6) is 1.15. The smallest absolute Gasteiger partial charge is 0.0724 e. The average Bonchev–Trinajstić information content (AvgIpc) is 2.53. The van der Waals surface area contributed by atoms with Crippen molar-refractivity contribution in [1.82, 2.24) is 0 Å². The molecule has 0 bridgehead atoms. The zero-order valence-corrected chi connectivity index (χ0v) is 8.55. The van der Waals surface area contributed by atoms with Gasteiger partial charge >= 0.3 is 0 Å². The fourth-order valence-corrected chi connectivity index (χ4v) is 2.44. The summed E-state index contributed by atoms with van der Waals surface area (Å²) >= 11 is 1.90. The third-order valence-corrected chi connectivity index (χ3v) is 3.29. The van der Waals surface area contributed by atoms with E-state index in [-0.39, 0.29) is 0 Å². The third-order valence-electron chi connectivity index (χ3n) is 2.05. The molecule has 0 radical (unpaired) electrons. The van der Waals surface area contributed by atoms with Crippen LogP contribution in [0.3, 0.4) is 0 Å². The second-order valence-electron chi connectivity index (χ2n) is 3.35. The highest BCUT2D eigenvalue weighted by atomic mass is 32.2. The minimum Gasteiger partial charge on any atom is -0.279 e. The maximum atomic E-state index is 4.56. The van der Waals surface area contributed by atoms with Crippen molar-refractivity contribution in [2.24, 2.45) is 4.99 Å². The van der Waals surface area contributed by atoms with Gasteiger partial charge in [-0.15, -0.1) is 11.8 Å². The zero-order chi connectivity index (χ0) is 9.10. The quantitative estimate of drug-likeness (QED) is 0.700. The first kappa shape index (κ1) is 8.82. The maximum Gasteiger partial charge on any atom is 0.0724 e. The molecule has 68 valence electrons. The number of hydrogen-bond acceptors (Lipinski definition) is 2. The molecule has 1 aliphatic heterocycles. The average molecular weight is 191 g/mol. The Balaban J connectivity index is 2.03. The van der Waals surface area contributed by atoms with Crippen molar-refractivity contribution in [1.29, 1.82) is 0 Å². The Hall–Kier alpha value is -0.760. The van der Waals surface area contributed by atoms with Crippen LogP contribution in [0.25, 0.3) is 0 Å². The molecule has 0 saturated carbocycles. The molecule has 0 amide bonds. The van der Waals surface area contributed by atoms with E-state index in [0.717, 1.165) is 12.2 Å². The summed E-state index contributed by atoms with van der Waals surface area (Å²) < 4.78 is 0. The van der Waals surface area contributed by atoms with Gasteiger partial charge in [-0.25, -0.2) is 0 Å². The van der Waals surface area contributed by atoms with Crippen molar-refractivity contribution in [3.63, 3.8) is 0 Å². The Labute approximate surface area is 83.3 Å². The van der Waals surface area contributed by atoms with Gasteiger partial charge < -0.3 is 0 Å². The van der Waals surface area contributed by atoms with Crippen molar-refractivity contribution in [3.8, 4) is 0 Å².